The molecule has 8 heteroatoms. The first-order valence-electron chi connectivity index (χ1n) is 9.14. The van der Waals surface area contributed by atoms with Crippen molar-refractivity contribution in [3.05, 3.63) is 66.4 Å². The number of urea groups is 1. The molecule has 1 unspecified atom stereocenters. The number of carbonyl (C=O) groups is 1. The maximum Gasteiger partial charge on any atom is 0.319 e. The van der Waals surface area contributed by atoms with Crippen LogP contribution >= 0.6 is 0 Å². The number of rotatable bonds is 4. The van der Waals surface area contributed by atoms with E-state index in [2.05, 4.69) is 20.7 Å². The number of carbonyl (C=O) groups excluding carboxylic acids is 1. The summed E-state index contributed by atoms with van der Waals surface area (Å²) in [6.07, 6.45) is 5.89. The van der Waals surface area contributed by atoms with Gasteiger partial charge < -0.3 is 15.5 Å². The van der Waals surface area contributed by atoms with Crippen molar-refractivity contribution in [3.8, 4) is 5.69 Å². The molecule has 0 aliphatic carbocycles. The fourth-order valence-electron chi connectivity index (χ4n) is 3.38. The fraction of sp³-hybridized carbons (Fsp3) is 0.250. The Bertz CT molecular complexity index is 975. The van der Waals surface area contributed by atoms with Crippen LogP contribution in [0, 0.1) is 12.7 Å². The Kier molecular flexibility index (Phi) is 4.92. The highest BCUT2D eigenvalue weighted by atomic mass is 19.1. The minimum atomic E-state index is -0.347. The molecular formula is C20H21FN6O. The molecule has 3 heterocycles. The number of hydrogen-bond donors (Lipinski definition) is 2. The maximum absolute atomic E-state index is 13.9. The average Bonchev–Trinajstić information content (AvgIpc) is 3.36. The van der Waals surface area contributed by atoms with Gasteiger partial charge in [0.1, 0.15) is 0 Å². The van der Waals surface area contributed by atoms with Gasteiger partial charge in [-0.05, 0) is 55.3 Å². The third kappa shape index (κ3) is 3.80. The molecule has 0 spiro atoms. The SMILES string of the molecule is Cc1cc(-n2cccn2)ccc1NC(=O)NC1CCN(c2ncccc2F)C1. The Morgan fingerprint density at radius 2 is 2.14 bits per heavy atom. The summed E-state index contributed by atoms with van der Waals surface area (Å²) in [7, 11) is 0. The van der Waals surface area contributed by atoms with Gasteiger partial charge in [0.2, 0.25) is 0 Å². The van der Waals surface area contributed by atoms with Crippen molar-refractivity contribution in [2.75, 3.05) is 23.3 Å². The maximum atomic E-state index is 13.9. The Balaban J connectivity index is 1.35. The molecule has 1 fully saturated rings. The second-order valence-corrected chi connectivity index (χ2v) is 6.79. The largest absolute Gasteiger partial charge is 0.352 e. The average molecular weight is 380 g/mol. The zero-order chi connectivity index (χ0) is 19.5. The van der Waals surface area contributed by atoms with Crippen LogP contribution < -0.4 is 15.5 Å². The zero-order valence-corrected chi connectivity index (χ0v) is 15.5. The van der Waals surface area contributed by atoms with E-state index in [1.54, 1.807) is 23.1 Å². The normalized spacial score (nSPS) is 16.2. The number of amides is 2. The lowest BCUT2D eigenvalue weighted by atomic mass is 10.2. The highest BCUT2D eigenvalue weighted by Gasteiger charge is 2.26. The summed E-state index contributed by atoms with van der Waals surface area (Å²) in [4.78, 5) is 18.3. The number of benzene rings is 1. The Morgan fingerprint density at radius 1 is 1.25 bits per heavy atom. The number of pyridine rings is 1. The van der Waals surface area contributed by atoms with Crippen LogP contribution in [-0.2, 0) is 0 Å². The summed E-state index contributed by atoms with van der Waals surface area (Å²) in [5.41, 5.74) is 2.60. The first-order valence-corrected chi connectivity index (χ1v) is 9.14. The van der Waals surface area contributed by atoms with Gasteiger partial charge in [-0.1, -0.05) is 0 Å². The van der Waals surface area contributed by atoms with Crippen molar-refractivity contribution in [1.29, 1.82) is 0 Å². The van der Waals surface area contributed by atoms with Gasteiger partial charge in [-0.3, -0.25) is 0 Å². The summed E-state index contributed by atoms with van der Waals surface area (Å²) < 4.78 is 15.7. The van der Waals surface area contributed by atoms with E-state index in [1.807, 2.05) is 42.3 Å². The predicted molar refractivity (Wildman–Crippen MR) is 105 cm³/mol. The van der Waals surface area contributed by atoms with Gasteiger partial charge in [0.25, 0.3) is 0 Å². The summed E-state index contributed by atoms with van der Waals surface area (Å²) >= 11 is 0. The molecule has 2 N–H and O–H groups in total. The van der Waals surface area contributed by atoms with Crippen LogP contribution in [0.3, 0.4) is 0 Å². The highest BCUT2D eigenvalue weighted by Crippen LogP contribution is 2.22. The molecule has 3 aromatic rings. The van der Waals surface area contributed by atoms with Gasteiger partial charge in [-0.25, -0.2) is 18.9 Å². The molecule has 4 rings (SSSR count). The van der Waals surface area contributed by atoms with Gasteiger partial charge in [-0.2, -0.15) is 5.10 Å². The fourth-order valence-corrected chi connectivity index (χ4v) is 3.38. The first-order chi connectivity index (χ1) is 13.6. The molecule has 1 atom stereocenters. The number of halogens is 1. The Hall–Kier alpha value is -3.42. The van der Waals surface area contributed by atoms with Crippen molar-refractivity contribution in [1.82, 2.24) is 20.1 Å². The van der Waals surface area contributed by atoms with Crippen molar-refractivity contribution in [3.63, 3.8) is 0 Å². The van der Waals surface area contributed by atoms with E-state index in [1.165, 1.54) is 6.07 Å². The lowest BCUT2D eigenvalue weighted by Crippen LogP contribution is -2.40. The molecule has 1 aliphatic rings. The monoisotopic (exact) mass is 380 g/mol. The molecule has 28 heavy (non-hydrogen) atoms. The number of hydrogen-bond acceptors (Lipinski definition) is 4. The second kappa shape index (κ2) is 7.67. The summed E-state index contributed by atoms with van der Waals surface area (Å²) in [5.74, 6) is -0.0160. The van der Waals surface area contributed by atoms with Crippen molar-refractivity contribution in [2.45, 2.75) is 19.4 Å². The number of nitrogens with zero attached hydrogens (tertiary/aromatic N) is 4. The van der Waals surface area contributed by atoms with Gasteiger partial charge in [0.05, 0.1) is 5.69 Å². The number of nitrogens with one attached hydrogen (secondary N) is 2. The van der Waals surface area contributed by atoms with E-state index in [4.69, 9.17) is 0 Å². The topological polar surface area (TPSA) is 75.1 Å². The molecule has 1 aliphatic heterocycles. The minimum absolute atomic E-state index is 0.0648. The lowest BCUT2D eigenvalue weighted by molar-refractivity contribution is 0.249. The molecule has 2 aromatic heterocycles. The van der Waals surface area contributed by atoms with E-state index in [9.17, 15) is 9.18 Å². The Morgan fingerprint density at radius 3 is 2.89 bits per heavy atom. The zero-order valence-electron chi connectivity index (χ0n) is 15.5. The third-order valence-corrected chi connectivity index (χ3v) is 4.79. The number of anilines is 2. The summed E-state index contributed by atoms with van der Waals surface area (Å²) in [6.45, 7) is 3.11. The van der Waals surface area contributed by atoms with Crippen LogP contribution in [0.2, 0.25) is 0 Å². The quantitative estimate of drug-likeness (QED) is 0.729. The van der Waals surface area contributed by atoms with Gasteiger partial charge >= 0.3 is 6.03 Å². The van der Waals surface area contributed by atoms with E-state index in [0.29, 0.717) is 18.9 Å². The molecule has 0 bridgehead atoms. The molecule has 1 saturated heterocycles. The molecule has 0 radical (unpaired) electrons. The number of aryl methyl sites for hydroxylation is 1. The van der Waals surface area contributed by atoms with E-state index < -0.39 is 0 Å². The first kappa shape index (κ1) is 18.0. The summed E-state index contributed by atoms with van der Waals surface area (Å²) in [6, 6.07) is 10.2. The van der Waals surface area contributed by atoms with Crippen LogP contribution in [0.15, 0.2) is 55.0 Å². The van der Waals surface area contributed by atoms with Crippen LogP contribution in [0.1, 0.15) is 12.0 Å². The molecule has 2 amide bonds. The standard InChI is InChI=1S/C20H21FN6O/c1-14-12-16(27-10-3-9-23-27)5-6-18(14)25-20(28)24-15-7-11-26(13-15)19-17(21)4-2-8-22-19/h2-6,8-10,12,15H,7,11,13H2,1H3,(H2,24,25,28). The molecule has 1 aromatic carbocycles. The lowest BCUT2D eigenvalue weighted by Gasteiger charge is -2.18. The van der Waals surface area contributed by atoms with Crippen LogP contribution in [-0.4, -0.2) is 39.9 Å². The van der Waals surface area contributed by atoms with Crippen LogP contribution in [0.25, 0.3) is 5.69 Å². The van der Waals surface area contributed by atoms with Gasteiger partial charge in [-0.15, -0.1) is 0 Å². The number of aromatic nitrogens is 3. The van der Waals surface area contributed by atoms with E-state index in [-0.39, 0.29) is 17.9 Å². The Labute approximate surface area is 162 Å². The van der Waals surface area contributed by atoms with Crippen molar-refractivity contribution >= 4 is 17.5 Å². The van der Waals surface area contributed by atoms with Gasteiger partial charge in [0, 0.05) is 43.4 Å². The minimum Gasteiger partial charge on any atom is -0.352 e. The predicted octanol–water partition coefficient (Wildman–Crippen LogP) is 3.12. The molecule has 144 valence electrons. The highest BCUT2D eigenvalue weighted by molar-refractivity contribution is 5.90. The molecule has 0 saturated carbocycles. The van der Waals surface area contributed by atoms with Gasteiger partial charge in [0.15, 0.2) is 11.6 Å². The van der Waals surface area contributed by atoms with E-state index in [0.717, 1.165) is 23.4 Å². The van der Waals surface area contributed by atoms with E-state index >= 15 is 0 Å². The summed E-state index contributed by atoms with van der Waals surface area (Å²) in [5, 5.41) is 10.0. The van der Waals surface area contributed by atoms with Crippen LogP contribution in [0.5, 0.6) is 0 Å². The van der Waals surface area contributed by atoms with Crippen molar-refractivity contribution in [2.24, 2.45) is 0 Å². The smallest absolute Gasteiger partial charge is 0.319 e. The third-order valence-electron chi connectivity index (χ3n) is 4.79. The molecule has 7 nitrogen and oxygen atoms in total. The van der Waals surface area contributed by atoms with Crippen LogP contribution in [0.4, 0.5) is 20.7 Å². The second-order valence-electron chi connectivity index (χ2n) is 6.79. The van der Waals surface area contributed by atoms with Crippen molar-refractivity contribution < 1.29 is 9.18 Å². The molecular weight excluding hydrogens is 359 g/mol.